The van der Waals surface area contributed by atoms with Crippen LogP contribution in [0.1, 0.15) is 0 Å². The van der Waals surface area contributed by atoms with E-state index in [4.69, 9.17) is 10.2 Å². The molecule has 0 aromatic heterocycles. The number of hydrogen-bond donors (Lipinski definition) is 2. The third-order valence-electron chi connectivity index (χ3n) is 2.26. The summed E-state index contributed by atoms with van der Waals surface area (Å²) in [4.78, 5) is 0. The van der Waals surface area contributed by atoms with Gasteiger partial charge in [0, 0.05) is 0 Å². The van der Waals surface area contributed by atoms with Crippen LogP contribution in [0, 0.1) is 0 Å². The van der Waals surface area contributed by atoms with Gasteiger partial charge in [0.2, 0.25) is 0 Å². The van der Waals surface area contributed by atoms with Crippen LogP contribution in [0.4, 0.5) is 0 Å². The zero-order valence-electron chi connectivity index (χ0n) is 12.0. The number of rotatable bonds is 8. The molecule has 0 saturated carbocycles. The molecule has 0 aromatic carbocycles. The van der Waals surface area contributed by atoms with Gasteiger partial charge in [0.05, 0.1) is 0 Å². The van der Waals surface area contributed by atoms with E-state index < -0.39 is 0 Å². The maximum atomic E-state index is 9.07. The molecule has 0 saturated heterocycles. The molecular weight excluding hydrogens is 620 g/mol. The summed E-state index contributed by atoms with van der Waals surface area (Å²) in [5.41, 5.74) is 0. The molecule has 22 heavy (non-hydrogen) atoms. The summed E-state index contributed by atoms with van der Waals surface area (Å²) in [7, 11) is 0. The normalized spacial score (nSPS) is 22.4. The predicted molar refractivity (Wildman–Crippen MR) is 110 cm³/mol. The van der Waals surface area contributed by atoms with Crippen molar-refractivity contribution >= 4 is 107 Å². The quantitative estimate of drug-likeness (QED) is 0.393. The Bertz CT molecular complexity index is 463. The molecule has 0 radical (unpaired) electrons. The van der Waals surface area contributed by atoms with E-state index in [1.54, 1.807) is 22.0 Å². The average molecular weight is 636 g/mol. The van der Waals surface area contributed by atoms with E-state index in [9.17, 15) is 0 Å². The molecule has 0 bridgehead atoms. The fourth-order valence-corrected chi connectivity index (χ4v) is 26.4. The van der Waals surface area contributed by atoms with Gasteiger partial charge < -0.3 is 0 Å². The molecule has 2 heterocycles. The van der Waals surface area contributed by atoms with Crippen LogP contribution in [0.25, 0.3) is 0 Å². The van der Waals surface area contributed by atoms with Crippen LogP contribution in [-0.2, 0) is 0 Å². The molecule has 0 aromatic rings. The molecule has 2 nitrogen and oxygen atoms in total. The Kier molecular flexibility index (Phi) is 10.8. The summed E-state index contributed by atoms with van der Waals surface area (Å²) in [5.74, 6) is 1.67. The zero-order chi connectivity index (χ0) is 15.9. The van der Waals surface area contributed by atoms with Gasteiger partial charge in [-0.1, -0.05) is 0 Å². The first-order valence-electron chi connectivity index (χ1n) is 6.23. The first-order valence-corrected chi connectivity index (χ1v) is 17.5. The summed E-state index contributed by atoms with van der Waals surface area (Å²) in [6.07, 6.45) is 4.39. The van der Waals surface area contributed by atoms with Gasteiger partial charge in [-0.2, -0.15) is 0 Å². The Morgan fingerprint density at radius 1 is 0.682 bits per heavy atom. The molecule has 10 heteroatoms. The minimum absolute atomic E-state index is 0.277. The van der Waals surface area contributed by atoms with Crippen molar-refractivity contribution in [1.29, 1.82) is 0 Å². The maximum absolute atomic E-state index is 9.07. The van der Waals surface area contributed by atoms with Gasteiger partial charge in [-0.25, -0.2) is 0 Å². The molecule has 0 spiro atoms. The fourth-order valence-electron chi connectivity index (χ4n) is 1.42. The van der Waals surface area contributed by atoms with E-state index in [1.165, 1.54) is 0 Å². The second-order valence-electron chi connectivity index (χ2n) is 3.69. The number of hydrogen-bond acceptors (Lipinski definition) is 6. The van der Waals surface area contributed by atoms with Gasteiger partial charge in [-0.05, 0) is 0 Å². The van der Waals surface area contributed by atoms with Gasteiger partial charge in [0.25, 0.3) is 0 Å². The molecule has 2 N–H and O–H groups in total. The van der Waals surface area contributed by atoms with Crippen LogP contribution in [0.5, 0.6) is 0 Å². The van der Waals surface area contributed by atoms with Gasteiger partial charge in [0.1, 0.15) is 0 Å². The number of thioether (sulfide) groups is 4. The second-order valence-corrected chi connectivity index (χ2v) is 21.0. The van der Waals surface area contributed by atoms with E-state index in [1.807, 2.05) is 47.0 Å². The summed E-state index contributed by atoms with van der Waals surface area (Å²) in [5, 5.41) is 18.1. The van der Waals surface area contributed by atoms with E-state index in [0.717, 1.165) is 11.5 Å². The van der Waals surface area contributed by atoms with E-state index in [0.29, 0.717) is 59.8 Å². The Labute approximate surface area is 174 Å². The van der Waals surface area contributed by atoms with Crippen molar-refractivity contribution in [1.82, 2.24) is 0 Å². The van der Waals surface area contributed by atoms with Crippen LogP contribution < -0.4 is 0 Å². The molecule has 124 valence electrons. The van der Waals surface area contributed by atoms with Crippen LogP contribution in [0.3, 0.4) is 0 Å². The molecule has 0 amide bonds. The molecule has 0 atom stereocenters. The van der Waals surface area contributed by atoms with Crippen molar-refractivity contribution in [2.45, 2.75) is 0 Å². The summed E-state index contributed by atoms with van der Waals surface area (Å²) in [6, 6.07) is 0. The molecule has 0 unspecified atom stereocenters. The van der Waals surface area contributed by atoms with Crippen molar-refractivity contribution in [2.24, 2.45) is 0 Å². The minimum atomic E-state index is 0.277. The van der Waals surface area contributed by atoms with Gasteiger partial charge >= 0.3 is 176 Å². The summed E-state index contributed by atoms with van der Waals surface area (Å²) >= 11 is 9.69. The summed E-state index contributed by atoms with van der Waals surface area (Å²) < 4.78 is 9.90. The number of aliphatic hydroxyl groups excluding tert-OH is 2. The van der Waals surface area contributed by atoms with Gasteiger partial charge in [-0.3, -0.25) is 0 Å². The Morgan fingerprint density at radius 2 is 1.05 bits per heavy atom. The Balaban J connectivity index is 2.05. The monoisotopic (exact) mass is 640 g/mol. The first kappa shape index (κ1) is 20.9. The van der Waals surface area contributed by atoms with Gasteiger partial charge in [-0.15, -0.1) is 0 Å². The average Bonchev–Trinajstić information content (AvgIpc) is 3.14. The van der Waals surface area contributed by atoms with Crippen LogP contribution in [0.15, 0.2) is 22.0 Å². The molecule has 0 aliphatic carbocycles. The van der Waals surface area contributed by atoms with Crippen molar-refractivity contribution in [2.75, 3.05) is 37.2 Å². The van der Waals surface area contributed by atoms with Crippen LogP contribution in [-0.4, -0.2) is 107 Å². The Morgan fingerprint density at radius 3 is 1.36 bits per heavy atom. The van der Waals surface area contributed by atoms with E-state index in [-0.39, 0.29) is 13.2 Å². The van der Waals surface area contributed by atoms with Crippen molar-refractivity contribution in [3.63, 3.8) is 0 Å². The SMILES string of the molecule is CSC1=C(SCCO)[Se]/C(=C2\[Se]C(SC)=C(SCCO)[Se]2)[Se]1. The fraction of sp³-hybridized carbons (Fsp3) is 0.500. The third-order valence-corrected chi connectivity index (χ3v) is 26.0. The Hall–Kier alpha value is 2.62. The molecule has 2 aliphatic heterocycles. The predicted octanol–water partition coefficient (Wildman–Crippen LogP) is 1.39. The van der Waals surface area contributed by atoms with Crippen molar-refractivity contribution in [3.05, 3.63) is 22.0 Å². The first-order chi connectivity index (χ1) is 10.7. The zero-order valence-corrected chi connectivity index (χ0v) is 22.1. The van der Waals surface area contributed by atoms with E-state index >= 15 is 0 Å². The van der Waals surface area contributed by atoms with Crippen molar-refractivity contribution in [3.8, 4) is 0 Å². The number of aliphatic hydroxyl groups is 2. The molecule has 2 rings (SSSR count). The van der Waals surface area contributed by atoms with Gasteiger partial charge in [0.15, 0.2) is 0 Å². The topological polar surface area (TPSA) is 40.5 Å². The van der Waals surface area contributed by atoms with Crippen LogP contribution in [0.2, 0.25) is 0 Å². The third kappa shape index (κ3) is 5.82. The molecular formula is C12H16O2S4Se4. The summed E-state index contributed by atoms with van der Waals surface area (Å²) in [6.45, 7) is 0.553. The van der Waals surface area contributed by atoms with E-state index in [2.05, 4.69) is 12.5 Å². The molecule has 0 fully saturated rings. The second kappa shape index (κ2) is 11.4. The standard InChI is InChI=1S/C12H16O2S4Se4/c1-15-7-9(17-5-3-13)21-11(19-7)12-20-8(16-2)10(22-12)18-6-4-14/h13-14H,3-6H2,1-2H3/b12-11+. The van der Waals surface area contributed by atoms with Crippen LogP contribution >= 0.6 is 47.0 Å². The van der Waals surface area contributed by atoms with Crippen molar-refractivity contribution < 1.29 is 10.2 Å². The molecule has 2 aliphatic rings.